The average Bonchev–Trinajstić information content (AvgIpc) is 2.98. The molecule has 9 unspecified atom stereocenters. The molecule has 0 aliphatic heterocycles. The molecule has 0 heterocycles. The molecule has 2 nitrogen and oxygen atoms in total. The highest BCUT2D eigenvalue weighted by atomic mass is 19.3. The summed E-state index contributed by atoms with van der Waals surface area (Å²) in [4.78, 5) is 11.2. The first-order chi connectivity index (χ1) is 13.5. The summed E-state index contributed by atoms with van der Waals surface area (Å²) in [7, 11) is 0. The Bertz CT molecular complexity index is 654. The van der Waals surface area contributed by atoms with Crippen LogP contribution < -0.4 is 5.73 Å². The third-order valence-electron chi connectivity index (χ3n) is 10.2. The second kappa shape index (κ2) is 7.15. The van der Waals surface area contributed by atoms with Crippen LogP contribution in [-0.4, -0.2) is 18.0 Å². The monoisotopic (exact) mass is 413 g/mol. The van der Waals surface area contributed by atoms with Gasteiger partial charge in [0.2, 0.25) is 5.91 Å². The van der Waals surface area contributed by atoms with E-state index in [4.69, 9.17) is 5.73 Å². The maximum atomic E-state index is 15.6. The average molecular weight is 414 g/mol. The normalized spacial score (nSPS) is 49.6. The number of hydrogen-bond donors (Lipinski definition) is 1. The molecule has 2 N–H and O–H groups in total. The van der Waals surface area contributed by atoms with E-state index in [0.29, 0.717) is 31.1 Å². The van der Waals surface area contributed by atoms with Crippen molar-refractivity contribution < 1.29 is 18.0 Å². The summed E-state index contributed by atoms with van der Waals surface area (Å²) < 4.78 is 45.3. The fraction of sp³-hybridized carbons (Fsp3) is 0.958. The molecule has 9 atom stereocenters. The van der Waals surface area contributed by atoms with Gasteiger partial charge in [0.25, 0.3) is 5.92 Å². The van der Waals surface area contributed by atoms with E-state index in [2.05, 4.69) is 20.8 Å². The summed E-state index contributed by atoms with van der Waals surface area (Å²) in [6.07, 6.45) is 5.40. The molecule has 4 fully saturated rings. The number of carbonyl (C=O) groups excluding carboxylic acids is 1. The number of halogens is 3. The van der Waals surface area contributed by atoms with Crippen LogP contribution in [0.15, 0.2) is 0 Å². The summed E-state index contributed by atoms with van der Waals surface area (Å²) in [5.41, 5.74) is 5.13. The van der Waals surface area contributed by atoms with Crippen LogP contribution in [0.3, 0.4) is 0 Å². The van der Waals surface area contributed by atoms with Crippen LogP contribution >= 0.6 is 0 Å². The lowest BCUT2D eigenvalue weighted by Crippen LogP contribution is -2.60. The predicted molar refractivity (Wildman–Crippen MR) is 108 cm³/mol. The highest BCUT2D eigenvalue weighted by molar-refractivity contribution is 5.73. The molecular weight excluding hydrogens is 375 g/mol. The molecule has 29 heavy (non-hydrogen) atoms. The number of nitrogens with two attached hydrogens (primary N) is 1. The number of fused-ring (bicyclic) bond motifs is 5. The highest BCUT2D eigenvalue weighted by Gasteiger charge is 2.68. The van der Waals surface area contributed by atoms with E-state index >= 15 is 8.78 Å². The molecule has 0 aromatic carbocycles. The SMILES string of the molecule is CC(CCC(N)=O)C1CCC2C3C(CCC12C)C1(C)CCC(F)CC1CC3(F)F. The molecule has 4 aliphatic rings. The van der Waals surface area contributed by atoms with Crippen molar-refractivity contribution in [3.8, 4) is 0 Å². The quantitative estimate of drug-likeness (QED) is 0.592. The predicted octanol–water partition coefficient (Wildman–Crippen LogP) is 6.13. The Morgan fingerprint density at radius 1 is 1.07 bits per heavy atom. The Kier molecular flexibility index (Phi) is 5.30. The first-order valence-electron chi connectivity index (χ1n) is 11.8. The smallest absolute Gasteiger partial charge is 0.251 e. The minimum absolute atomic E-state index is 0.0153. The number of carbonyl (C=O) groups is 1. The lowest BCUT2D eigenvalue weighted by atomic mass is 9.43. The van der Waals surface area contributed by atoms with Crippen molar-refractivity contribution in [3.63, 3.8) is 0 Å². The standard InChI is InChI=1S/C24H38F3NO/c1-14(4-7-20(28)29)17-5-6-18-21-19(9-11-23(17,18)3)22(2)10-8-16(25)12-15(22)13-24(21,26)27/h14-19,21H,4-13H2,1-3H3,(H2,28,29). The van der Waals surface area contributed by atoms with Crippen molar-refractivity contribution in [3.05, 3.63) is 0 Å². The molecule has 4 rings (SSSR count). The van der Waals surface area contributed by atoms with E-state index in [1.165, 1.54) is 0 Å². The Balaban J connectivity index is 1.60. The summed E-state index contributed by atoms with van der Waals surface area (Å²) >= 11 is 0. The van der Waals surface area contributed by atoms with Crippen LogP contribution in [0.1, 0.15) is 85.0 Å². The lowest BCUT2D eigenvalue weighted by Gasteiger charge is -2.62. The van der Waals surface area contributed by atoms with Gasteiger partial charge in [0.1, 0.15) is 6.17 Å². The third-order valence-corrected chi connectivity index (χ3v) is 10.2. The van der Waals surface area contributed by atoms with E-state index in [0.717, 1.165) is 38.5 Å². The Morgan fingerprint density at radius 2 is 1.72 bits per heavy atom. The molecule has 0 aromatic rings. The van der Waals surface area contributed by atoms with E-state index in [9.17, 15) is 9.18 Å². The Hall–Kier alpha value is -0.740. The number of primary amides is 1. The first-order valence-corrected chi connectivity index (χ1v) is 11.8. The van der Waals surface area contributed by atoms with Crippen molar-refractivity contribution in [2.24, 2.45) is 52.1 Å². The second-order valence-electron chi connectivity index (χ2n) is 11.5. The van der Waals surface area contributed by atoms with Crippen LogP contribution in [0.5, 0.6) is 0 Å². The second-order valence-corrected chi connectivity index (χ2v) is 11.5. The van der Waals surface area contributed by atoms with Gasteiger partial charge in [-0.3, -0.25) is 4.79 Å². The molecule has 5 heteroatoms. The van der Waals surface area contributed by atoms with E-state index in [1.807, 2.05) is 0 Å². The van der Waals surface area contributed by atoms with Crippen molar-refractivity contribution in [2.45, 2.75) is 97.1 Å². The number of amides is 1. The fourth-order valence-electron chi connectivity index (χ4n) is 8.65. The highest BCUT2D eigenvalue weighted by Crippen LogP contribution is 2.71. The summed E-state index contributed by atoms with van der Waals surface area (Å²) in [6.45, 7) is 6.61. The van der Waals surface area contributed by atoms with Gasteiger partial charge < -0.3 is 5.73 Å². The van der Waals surface area contributed by atoms with Crippen molar-refractivity contribution in [1.82, 2.24) is 0 Å². The van der Waals surface area contributed by atoms with E-state index < -0.39 is 18.0 Å². The van der Waals surface area contributed by atoms with Gasteiger partial charge in [-0.2, -0.15) is 0 Å². The molecule has 0 saturated heterocycles. The molecule has 0 bridgehead atoms. The first kappa shape index (κ1) is 21.5. The molecule has 4 aliphatic carbocycles. The number of hydrogen-bond acceptors (Lipinski definition) is 1. The van der Waals surface area contributed by atoms with Gasteiger partial charge in [0.05, 0.1) is 0 Å². The molecular formula is C24H38F3NO. The van der Waals surface area contributed by atoms with Crippen molar-refractivity contribution in [2.75, 3.05) is 0 Å². The zero-order valence-corrected chi connectivity index (χ0v) is 18.2. The van der Waals surface area contributed by atoms with Crippen molar-refractivity contribution >= 4 is 5.91 Å². The van der Waals surface area contributed by atoms with Gasteiger partial charge in [-0.25, -0.2) is 13.2 Å². The topological polar surface area (TPSA) is 43.1 Å². The number of alkyl halides is 3. The maximum Gasteiger partial charge on any atom is 0.251 e. The van der Waals surface area contributed by atoms with Gasteiger partial charge in [-0.05, 0) is 91.8 Å². The molecule has 0 radical (unpaired) electrons. The zero-order chi connectivity index (χ0) is 21.2. The lowest BCUT2D eigenvalue weighted by molar-refractivity contribution is -0.236. The van der Waals surface area contributed by atoms with Crippen LogP contribution in [-0.2, 0) is 4.79 Å². The third kappa shape index (κ3) is 3.33. The van der Waals surface area contributed by atoms with Gasteiger partial charge in [0.15, 0.2) is 0 Å². The van der Waals surface area contributed by atoms with Gasteiger partial charge >= 0.3 is 0 Å². The van der Waals surface area contributed by atoms with Crippen LogP contribution in [0.2, 0.25) is 0 Å². The number of rotatable bonds is 4. The molecule has 0 spiro atoms. The van der Waals surface area contributed by atoms with Crippen LogP contribution in [0.4, 0.5) is 13.2 Å². The van der Waals surface area contributed by atoms with E-state index in [1.54, 1.807) is 0 Å². The molecule has 0 aromatic heterocycles. The van der Waals surface area contributed by atoms with Gasteiger partial charge in [0, 0.05) is 18.8 Å². The summed E-state index contributed by atoms with van der Waals surface area (Å²) in [5, 5.41) is 0. The minimum Gasteiger partial charge on any atom is -0.370 e. The van der Waals surface area contributed by atoms with Crippen LogP contribution in [0.25, 0.3) is 0 Å². The van der Waals surface area contributed by atoms with Crippen LogP contribution in [0, 0.1) is 46.3 Å². The van der Waals surface area contributed by atoms with Gasteiger partial charge in [-0.15, -0.1) is 0 Å². The molecule has 166 valence electrons. The van der Waals surface area contributed by atoms with Crippen molar-refractivity contribution in [1.29, 1.82) is 0 Å². The summed E-state index contributed by atoms with van der Waals surface area (Å²) in [5.74, 6) is -2.94. The maximum absolute atomic E-state index is 15.6. The summed E-state index contributed by atoms with van der Waals surface area (Å²) in [6, 6.07) is 0. The largest absolute Gasteiger partial charge is 0.370 e. The Morgan fingerprint density at radius 3 is 2.41 bits per heavy atom. The van der Waals surface area contributed by atoms with Gasteiger partial charge in [-0.1, -0.05) is 20.8 Å². The fourth-order valence-corrected chi connectivity index (χ4v) is 8.65. The Labute approximate surface area is 173 Å². The zero-order valence-electron chi connectivity index (χ0n) is 18.2. The minimum atomic E-state index is -2.69. The molecule has 4 saturated carbocycles. The van der Waals surface area contributed by atoms with E-state index in [-0.39, 0.29) is 40.9 Å². The molecule has 1 amide bonds.